The zero-order valence-electron chi connectivity index (χ0n) is 16.4. The number of benzene rings is 1. The lowest BCUT2D eigenvalue weighted by Gasteiger charge is -2.23. The summed E-state index contributed by atoms with van der Waals surface area (Å²) in [6.07, 6.45) is 5.11. The Morgan fingerprint density at radius 3 is 2.39 bits per heavy atom. The molecule has 1 N–H and O–H groups in total. The Morgan fingerprint density at radius 2 is 1.82 bits per heavy atom. The molecule has 3 rings (SSSR count). The average molecular weight is 421 g/mol. The number of nitrogens with one attached hydrogen (secondary N) is 1. The van der Waals surface area contributed by atoms with Crippen molar-refractivity contribution in [2.24, 2.45) is 5.92 Å². The minimum Gasteiger partial charge on any atom is -0.378 e. The van der Waals surface area contributed by atoms with E-state index in [2.05, 4.69) is 5.32 Å². The Hall–Kier alpha value is -1.86. The highest BCUT2D eigenvalue weighted by Crippen LogP contribution is 2.32. The van der Waals surface area contributed by atoms with Crippen LogP contribution in [0.4, 0.5) is 5.69 Å². The largest absolute Gasteiger partial charge is 0.378 e. The van der Waals surface area contributed by atoms with Gasteiger partial charge in [0, 0.05) is 32.2 Å². The molecule has 5 nitrogen and oxygen atoms in total. The molecule has 1 atom stereocenters. The van der Waals surface area contributed by atoms with Gasteiger partial charge in [0.25, 0.3) is 0 Å². The summed E-state index contributed by atoms with van der Waals surface area (Å²) in [6.45, 7) is 0.0941. The molecule has 1 aromatic heterocycles. The Balaban J connectivity index is 1.83. The average Bonchev–Trinajstić information content (AvgIpc) is 3.24. The van der Waals surface area contributed by atoms with Gasteiger partial charge in [-0.3, -0.25) is 4.79 Å². The second-order valence-corrected chi connectivity index (χ2v) is 10.8. The predicted octanol–water partition coefficient (Wildman–Crippen LogP) is 4.03. The molecule has 0 spiro atoms. The molecular weight excluding hydrogens is 392 g/mol. The summed E-state index contributed by atoms with van der Waals surface area (Å²) in [7, 11) is 0.307. The van der Waals surface area contributed by atoms with Crippen molar-refractivity contribution >= 4 is 32.8 Å². The van der Waals surface area contributed by atoms with Crippen LogP contribution in [0.5, 0.6) is 0 Å². The first-order chi connectivity index (χ1) is 13.4. The second-order valence-electron chi connectivity index (χ2n) is 7.53. The number of amides is 1. The molecule has 28 heavy (non-hydrogen) atoms. The van der Waals surface area contributed by atoms with Crippen molar-refractivity contribution in [1.29, 1.82) is 0 Å². The van der Waals surface area contributed by atoms with Crippen LogP contribution in [0.1, 0.15) is 42.9 Å². The predicted molar refractivity (Wildman–Crippen MR) is 115 cm³/mol. The number of hydrogen-bond donors (Lipinski definition) is 1. The Kier molecular flexibility index (Phi) is 6.78. The number of sulfone groups is 1. The third kappa shape index (κ3) is 4.75. The molecule has 1 heterocycles. The van der Waals surface area contributed by atoms with E-state index < -0.39 is 15.1 Å². The molecule has 0 bridgehead atoms. The van der Waals surface area contributed by atoms with E-state index in [9.17, 15) is 13.2 Å². The molecular formula is C21H28N2O3S2. The van der Waals surface area contributed by atoms with Gasteiger partial charge in [-0.15, -0.1) is 11.3 Å². The van der Waals surface area contributed by atoms with Crippen molar-refractivity contribution in [2.45, 2.75) is 41.6 Å². The molecule has 0 radical (unpaired) electrons. The zero-order chi connectivity index (χ0) is 20.1. The summed E-state index contributed by atoms with van der Waals surface area (Å²) < 4.78 is 26.8. The molecule has 0 unspecified atom stereocenters. The molecule has 7 heteroatoms. The zero-order valence-corrected chi connectivity index (χ0v) is 18.1. The van der Waals surface area contributed by atoms with Gasteiger partial charge in [-0.25, -0.2) is 8.42 Å². The summed E-state index contributed by atoms with van der Waals surface area (Å²) >= 11 is 1.21. The van der Waals surface area contributed by atoms with Crippen molar-refractivity contribution in [3.63, 3.8) is 0 Å². The van der Waals surface area contributed by atoms with Gasteiger partial charge in [0.1, 0.15) is 9.46 Å². The quantitative estimate of drug-likeness (QED) is 0.734. The highest BCUT2D eigenvalue weighted by Gasteiger charge is 2.31. The van der Waals surface area contributed by atoms with E-state index in [4.69, 9.17) is 0 Å². The first kappa shape index (κ1) is 20.9. The third-order valence-electron chi connectivity index (χ3n) is 5.37. The number of rotatable bonds is 7. The summed E-state index contributed by atoms with van der Waals surface area (Å²) in [5.41, 5.74) is 1.70. The maximum atomic E-state index is 13.3. The lowest BCUT2D eigenvalue weighted by atomic mass is 9.88. The van der Waals surface area contributed by atoms with Crippen LogP contribution in [0.3, 0.4) is 0 Å². The number of anilines is 1. The third-order valence-corrected chi connectivity index (χ3v) is 8.90. The maximum absolute atomic E-state index is 13.3. The van der Waals surface area contributed by atoms with E-state index >= 15 is 0 Å². The molecule has 0 saturated heterocycles. The smallest absolute Gasteiger partial charge is 0.223 e. The Bertz CT molecular complexity index is 869. The van der Waals surface area contributed by atoms with Crippen LogP contribution >= 0.6 is 11.3 Å². The molecule has 1 amide bonds. The van der Waals surface area contributed by atoms with Crippen LogP contribution in [0.2, 0.25) is 0 Å². The number of thiophene rings is 1. The molecule has 1 aliphatic rings. The topological polar surface area (TPSA) is 66.5 Å². The van der Waals surface area contributed by atoms with Gasteiger partial charge >= 0.3 is 0 Å². The van der Waals surface area contributed by atoms with Crippen molar-refractivity contribution in [3.8, 4) is 0 Å². The lowest BCUT2D eigenvalue weighted by Crippen LogP contribution is -2.36. The molecule has 1 aromatic carbocycles. The van der Waals surface area contributed by atoms with E-state index in [1.165, 1.54) is 17.8 Å². The fourth-order valence-corrected chi connectivity index (χ4v) is 6.53. The van der Waals surface area contributed by atoms with E-state index in [0.717, 1.165) is 31.4 Å². The van der Waals surface area contributed by atoms with Crippen LogP contribution in [0.25, 0.3) is 0 Å². The fraction of sp³-hybridized carbons (Fsp3) is 0.476. The summed E-state index contributed by atoms with van der Waals surface area (Å²) in [5, 5.41) is 3.90. The monoisotopic (exact) mass is 420 g/mol. The van der Waals surface area contributed by atoms with Crippen LogP contribution in [0, 0.1) is 5.92 Å². The first-order valence-corrected chi connectivity index (χ1v) is 12.1. The van der Waals surface area contributed by atoms with Gasteiger partial charge in [0.15, 0.2) is 9.84 Å². The fourth-order valence-electron chi connectivity index (χ4n) is 3.66. The summed E-state index contributed by atoms with van der Waals surface area (Å²) in [5.74, 6) is -0.00838. The minimum absolute atomic E-state index is 0.00922. The summed E-state index contributed by atoms with van der Waals surface area (Å²) in [4.78, 5) is 14.6. The molecule has 1 fully saturated rings. The molecule has 0 aliphatic heterocycles. The number of nitrogens with zero attached hydrogens (tertiary/aromatic N) is 1. The van der Waals surface area contributed by atoms with Gasteiger partial charge in [0.05, 0.1) is 0 Å². The number of carbonyl (C=O) groups excluding carboxylic acids is 1. The van der Waals surface area contributed by atoms with Gasteiger partial charge in [-0.05, 0) is 42.0 Å². The van der Waals surface area contributed by atoms with Crippen molar-refractivity contribution in [2.75, 3.05) is 25.5 Å². The number of carbonyl (C=O) groups is 1. The van der Waals surface area contributed by atoms with E-state index in [0.29, 0.717) is 9.77 Å². The van der Waals surface area contributed by atoms with Crippen LogP contribution in [-0.2, 0) is 14.6 Å². The van der Waals surface area contributed by atoms with Gasteiger partial charge in [-0.1, -0.05) is 37.5 Å². The molecule has 1 aliphatic carbocycles. The summed E-state index contributed by atoms with van der Waals surface area (Å²) in [6, 6.07) is 10.9. The highest BCUT2D eigenvalue weighted by atomic mass is 32.2. The van der Waals surface area contributed by atoms with Crippen LogP contribution in [0.15, 0.2) is 46.0 Å². The second kappa shape index (κ2) is 9.09. The van der Waals surface area contributed by atoms with E-state index in [-0.39, 0.29) is 18.4 Å². The Labute approximate surface area is 171 Å². The van der Waals surface area contributed by atoms with Crippen molar-refractivity contribution < 1.29 is 13.2 Å². The van der Waals surface area contributed by atoms with Crippen LogP contribution < -0.4 is 10.2 Å². The van der Waals surface area contributed by atoms with Gasteiger partial charge in [0.2, 0.25) is 5.91 Å². The molecule has 1 saturated carbocycles. The van der Waals surface area contributed by atoms with Gasteiger partial charge < -0.3 is 10.2 Å². The standard InChI is InChI=1S/C21H28N2O3S2/c1-23(2)18-12-10-16(11-13-18)19(28(25,26)20-9-6-14-27-20)15-22-21(24)17-7-4-3-5-8-17/h6,9-14,17,19H,3-5,7-8,15H2,1-2H3,(H,22,24)/t19-/m0/s1. The van der Waals surface area contributed by atoms with Crippen LogP contribution in [-0.4, -0.2) is 35.0 Å². The number of hydrogen-bond acceptors (Lipinski definition) is 5. The SMILES string of the molecule is CN(C)c1ccc([C@H](CNC(=O)C2CCCCC2)S(=O)(=O)c2cccs2)cc1. The van der Waals surface area contributed by atoms with Crippen molar-refractivity contribution in [3.05, 3.63) is 47.3 Å². The highest BCUT2D eigenvalue weighted by molar-refractivity contribution is 7.93. The normalized spacial score (nSPS) is 16.5. The maximum Gasteiger partial charge on any atom is 0.223 e. The van der Waals surface area contributed by atoms with E-state index in [1.807, 2.05) is 43.3 Å². The first-order valence-electron chi connectivity index (χ1n) is 9.72. The van der Waals surface area contributed by atoms with Gasteiger partial charge in [-0.2, -0.15) is 0 Å². The lowest BCUT2D eigenvalue weighted by molar-refractivity contribution is -0.125. The molecule has 152 valence electrons. The van der Waals surface area contributed by atoms with E-state index in [1.54, 1.807) is 17.5 Å². The minimum atomic E-state index is -3.58. The molecule has 2 aromatic rings. The van der Waals surface area contributed by atoms with Crippen molar-refractivity contribution in [1.82, 2.24) is 5.32 Å². The Morgan fingerprint density at radius 1 is 1.14 bits per heavy atom.